The molecular formula is C14H14Cl2N2. The Morgan fingerprint density at radius 1 is 1.33 bits per heavy atom. The number of rotatable bonds is 3. The molecule has 1 aromatic carbocycles. The Balaban J connectivity index is 2.48. The SMILES string of the molecule is CC(C)/C(=C\n1ccnc1)c1ccc(Cl)cc1Cl. The smallest absolute Gasteiger partial charge is 0.0986 e. The topological polar surface area (TPSA) is 17.8 Å². The van der Waals surface area contributed by atoms with E-state index >= 15 is 0 Å². The standard InChI is InChI=1S/C14H14Cl2N2/c1-10(2)13(8-18-6-5-17-9-18)12-4-3-11(15)7-14(12)16/h3-10H,1-2H3/b13-8+. The lowest BCUT2D eigenvalue weighted by Gasteiger charge is -2.14. The summed E-state index contributed by atoms with van der Waals surface area (Å²) in [5.41, 5.74) is 2.15. The highest BCUT2D eigenvalue weighted by Gasteiger charge is 2.11. The van der Waals surface area contributed by atoms with Gasteiger partial charge in [0, 0.05) is 28.6 Å². The molecule has 0 aliphatic heterocycles. The van der Waals surface area contributed by atoms with E-state index in [2.05, 4.69) is 18.8 Å². The minimum Gasteiger partial charge on any atom is -0.313 e. The van der Waals surface area contributed by atoms with Crippen LogP contribution in [0, 0.1) is 5.92 Å². The highest BCUT2D eigenvalue weighted by Crippen LogP contribution is 2.31. The molecule has 0 atom stereocenters. The van der Waals surface area contributed by atoms with E-state index in [1.54, 1.807) is 18.6 Å². The number of allylic oxidation sites excluding steroid dienone is 1. The molecule has 0 saturated carbocycles. The molecule has 0 aliphatic rings. The molecule has 0 saturated heterocycles. The van der Waals surface area contributed by atoms with E-state index < -0.39 is 0 Å². The van der Waals surface area contributed by atoms with E-state index in [0.29, 0.717) is 16.0 Å². The van der Waals surface area contributed by atoms with Gasteiger partial charge in [-0.15, -0.1) is 0 Å². The molecule has 94 valence electrons. The van der Waals surface area contributed by atoms with Crippen molar-refractivity contribution in [3.05, 3.63) is 52.5 Å². The van der Waals surface area contributed by atoms with Gasteiger partial charge in [-0.25, -0.2) is 4.98 Å². The largest absolute Gasteiger partial charge is 0.313 e. The maximum atomic E-state index is 6.26. The van der Waals surface area contributed by atoms with Crippen LogP contribution in [-0.2, 0) is 0 Å². The number of hydrogen-bond donors (Lipinski definition) is 0. The summed E-state index contributed by atoms with van der Waals surface area (Å²) < 4.78 is 1.92. The maximum absolute atomic E-state index is 6.26. The zero-order valence-corrected chi connectivity index (χ0v) is 11.8. The molecule has 0 amide bonds. The lowest BCUT2D eigenvalue weighted by Crippen LogP contribution is -1.97. The third-order valence-electron chi connectivity index (χ3n) is 2.68. The highest BCUT2D eigenvalue weighted by molar-refractivity contribution is 6.35. The van der Waals surface area contributed by atoms with Crippen molar-refractivity contribution in [2.24, 2.45) is 5.92 Å². The normalized spacial score (nSPS) is 12.2. The monoisotopic (exact) mass is 280 g/mol. The van der Waals surface area contributed by atoms with Gasteiger partial charge in [0.05, 0.1) is 6.33 Å². The molecule has 2 rings (SSSR count). The van der Waals surface area contributed by atoms with E-state index in [0.717, 1.165) is 11.1 Å². The second-order valence-electron chi connectivity index (χ2n) is 4.37. The van der Waals surface area contributed by atoms with Crippen LogP contribution in [0.15, 0.2) is 36.9 Å². The first-order valence-corrected chi connectivity index (χ1v) is 6.48. The van der Waals surface area contributed by atoms with E-state index in [-0.39, 0.29) is 0 Å². The van der Waals surface area contributed by atoms with Crippen LogP contribution in [0.25, 0.3) is 11.8 Å². The average molecular weight is 281 g/mol. The van der Waals surface area contributed by atoms with Crippen LogP contribution in [-0.4, -0.2) is 9.55 Å². The fourth-order valence-corrected chi connectivity index (χ4v) is 2.28. The van der Waals surface area contributed by atoms with Gasteiger partial charge in [0.25, 0.3) is 0 Å². The van der Waals surface area contributed by atoms with Crippen molar-refractivity contribution in [1.82, 2.24) is 9.55 Å². The van der Waals surface area contributed by atoms with Crippen LogP contribution in [0.3, 0.4) is 0 Å². The first-order valence-electron chi connectivity index (χ1n) is 5.72. The average Bonchev–Trinajstić information content (AvgIpc) is 2.79. The Labute approximate surface area is 117 Å². The number of halogens is 2. The molecular weight excluding hydrogens is 267 g/mol. The quantitative estimate of drug-likeness (QED) is 0.786. The number of nitrogens with zero attached hydrogens (tertiary/aromatic N) is 2. The van der Waals surface area contributed by atoms with Gasteiger partial charge in [0.1, 0.15) is 0 Å². The highest BCUT2D eigenvalue weighted by atomic mass is 35.5. The molecule has 4 heteroatoms. The van der Waals surface area contributed by atoms with Crippen LogP contribution in [0.4, 0.5) is 0 Å². The zero-order valence-electron chi connectivity index (χ0n) is 10.3. The lowest BCUT2D eigenvalue weighted by molar-refractivity contribution is 0.854. The molecule has 2 aromatic rings. The first-order chi connectivity index (χ1) is 8.58. The van der Waals surface area contributed by atoms with Crippen LogP contribution in [0.2, 0.25) is 10.0 Å². The number of imidazole rings is 1. The van der Waals surface area contributed by atoms with Crippen LogP contribution in [0.5, 0.6) is 0 Å². The van der Waals surface area contributed by atoms with E-state index in [1.165, 1.54) is 0 Å². The Kier molecular flexibility index (Phi) is 4.10. The molecule has 0 fully saturated rings. The summed E-state index contributed by atoms with van der Waals surface area (Å²) >= 11 is 12.2. The van der Waals surface area contributed by atoms with Crippen molar-refractivity contribution >= 4 is 35.0 Å². The summed E-state index contributed by atoms with van der Waals surface area (Å²) in [6.45, 7) is 4.27. The summed E-state index contributed by atoms with van der Waals surface area (Å²) in [6, 6.07) is 5.57. The Bertz CT molecular complexity index is 557. The fourth-order valence-electron chi connectivity index (χ4n) is 1.76. The van der Waals surface area contributed by atoms with Gasteiger partial charge >= 0.3 is 0 Å². The van der Waals surface area contributed by atoms with E-state index in [4.69, 9.17) is 23.2 Å². The van der Waals surface area contributed by atoms with E-state index in [1.807, 2.05) is 29.1 Å². The molecule has 18 heavy (non-hydrogen) atoms. The first kappa shape index (κ1) is 13.2. The summed E-state index contributed by atoms with van der Waals surface area (Å²) in [7, 11) is 0. The second-order valence-corrected chi connectivity index (χ2v) is 5.22. The summed E-state index contributed by atoms with van der Waals surface area (Å²) in [5, 5.41) is 1.32. The Hall–Kier alpha value is -1.25. The predicted molar refractivity (Wildman–Crippen MR) is 77.7 cm³/mol. The molecule has 1 aromatic heterocycles. The molecule has 0 spiro atoms. The Morgan fingerprint density at radius 2 is 2.11 bits per heavy atom. The predicted octanol–water partition coefficient (Wildman–Crippen LogP) is 4.84. The lowest BCUT2D eigenvalue weighted by atomic mass is 9.96. The van der Waals surface area contributed by atoms with Crippen molar-refractivity contribution in [1.29, 1.82) is 0 Å². The molecule has 2 nitrogen and oxygen atoms in total. The number of hydrogen-bond acceptors (Lipinski definition) is 1. The fraction of sp³-hybridized carbons (Fsp3) is 0.214. The zero-order chi connectivity index (χ0) is 13.1. The summed E-state index contributed by atoms with van der Waals surface area (Å²) in [6.07, 6.45) is 7.43. The van der Waals surface area contributed by atoms with Gasteiger partial charge in [-0.2, -0.15) is 0 Å². The maximum Gasteiger partial charge on any atom is 0.0986 e. The summed E-state index contributed by atoms with van der Waals surface area (Å²) in [5.74, 6) is 0.353. The number of benzene rings is 1. The number of aromatic nitrogens is 2. The summed E-state index contributed by atoms with van der Waals surface area (Å²) in [4.78, 5) is 4.03. The van der Waals surface area contributed by atoms with Crippen molar-refractivity contribution in [2.45, 2.75) is 13.8 Å². The Morgan fingerprint density at radius 3 is 2.67 bits per heavy atom. The van der Waals surface area contributed by atoms with E-state index in [9.17, 15) is 0 Å². The minimum absolute atomic E-state index is 0.353. The molecule has 0 unspecified atom stereocenters. The van der Waals surface area contributed by atoms with Crippen LogP contribution < -0.4 is 0 Å². The molecule has 0 radical (unpaired) electrons. The van der Waals surface area contributed by atoms with Crippen molar-refractivity contribution in [3.8, 4) is 0 Å². The van der Waals surface area contributed by atoms with Crippen molar-refractivity contribution < 1.29 is 0 Å². The molecule has 0 aliphatic carbocycles. The minimum atomic E-state index is 0.353. The van der Waals surface area contributed by atoms with Crippen LogP contribution >= 0.6 is 23.2 Å². The van der Waals surface area contributed by atoms with Gasteiger partial charge in [-0.3, -0.25) is 0 Å². The second kappa shape index (κ2) is 5.59. The molecule has 0 bridgehead atoms. The van der Waals surface area contributed by atoms with Gasteiger partial charge in [-0.1, -0.05) is 43.1 Å². The van der Waals surface area contributed by atoms with Crippen LogP contribution in [0.1, 0.15) is 19.4 Å². The third kappa shape index (κ3) is 2.95. The van der Waals surface area contributed by atoms with Gasteiger partial charge in [-0.05, 0) is 29.2 Å². The van der Waals surface area contributed by atoms with Gasteiger partial charge in [0.2, 0.25) is 0 Å². The van der Waals surface area contributed by atoms with Crippen molar-refractivity contribution in [2.75, 3.05) is 0 Å². The van der Waals surface area contributed by atoms with Crippen molar-refractivity contribution in [3.63, 3.8) is 0 Å². The molecule has 0 N–H and O–H groups in total. The van der Waals surface area contributed by atoms with Gasteiger partial charge in [0.15, 0.2) is 0 Å². The molecule has 1 heterocycles. The third-order valence-corrected chi connectivity index (χ3v) is 3.22. The van der Waals surface area contributed by atoms with Gasteiger partial charge < -0.3 is 4.57 Å².